The van der Waals surface area contributed by atoms with Gasteiger partial charge in [-0.05, 0) is 65.7 Å². The van der Waals surface area contributed by atoms with E-state index in [1.807, 2.05) is 25.1 Å². The lowest BCUT2D eigenvalue weighted by Crippen LogP contribution is -2.08. The summed E-state index contributed by atoms with van der Waals surface area (Å²) >= 11 is 3.55. The highest BCUT2D eigenvalue weighted by atomic mass is 79.9. The van der Waals surface area contributed by atoms with Crippen LogP contribution in [0.1, 0.15) is 44.6 Å². The zero-order chi connectivity index (χ0) is 15.1. The Kier molecular flexibility index (Phi) is 6.55. The van der Waals surface area contributed by atoms with E-state index in [1.165, 1.54) is 25.7 Å². The maximum atomic E-state index is 11.4. The molecule has 0 N–H and O–H groups in total. The minimum absolute atomic E-state index is 0.143. The fourth-order valence-corrected chi connectivity index (χ4v) is 3.22. The number of hydrogen-bond acceptors (Lipinski definition) is 3. The Morgan fingerprint density at radius 2 is 2.10 bits per heavy atom. The average molecular weight is 355 g/mol. The van der Waals surface area contributed by atoms with E-state index >= 15 is 0 Å². The van der Waals surface area contributed by atoms with Gasteiger partial charge in [0.15, 0.2) is 0 Å². The number of carbonyl (C=O) groups is 1. The minimum atomic E-state index is -0.143. The van der Waals surface area contributed by atoms with E-state index in [0.717, 1.165) is 22.4 Å². The summed E-state index contributed by atoms with van der Waals surface area (Å²) < 4.78 is 11.8. The number of benzene rings is 1. The highest BCUT2D eigenvalue weighted by Gasteiger charge is 2.16. The van der Waals surface area contributed by atoms with Gasteiger partial charge in [-0.1, -0.05) is 18.9 Å². The van der Waals surface area contributed by atoms with Gasteiger partial charge >= 0.3 is 5.97 Å². The molecule has 4 heteroatoms. The summed E-state index contributed by atoms with van der Waals surface area (Å²) in [5.41, 5.74) is 1.11. The molecule has 2 rings (SSSR count). The highest BCUT2D eigenvalue weighted by molar-refractivity contribution is 9.10. The highest BCUT2D eigenvalue weighted by Crippen LogP contribution is 2.30. The van der Waals surface area contributed by atoms with E-state index in [1.54, 1.807) is 0 Å². The van der Waals surface area contributed by atoms with Crippen molar-refractivity contribution in [2.45, 2.75) is 45.4 Å². The smallest absolute Gasteiger partial charge is 0.306 e. The molecule has 1 aromatic carbocycles. The molecule has 0 aromatic heterocycles. The number of aryl methyl sites for hydroxylation is 1. The van der Waals surface area contributed by atoms with E-state index in [9.17, 15) is 4.79 Å². The van der Waals surface area contributed by atoms with Gasteiger partial charge in [0.2, 0.25) is 0 Å². The Hall–Kier alpha value is -1.03. The molecular weight excluding hydrogens is 332 g/mol. The fraction of sp³-hybridized carbons (Fsp3) is 0.588. The summed E-state index contributed by atoms with van der Waals surface area (Å²) in [4.78, 5) is 11.4. The molecule has 0 saturated heterocycles. The van der Waals surface area contributed by atoms with Crippen molar-refractivity contribution in [1.82, 2.24) is 0 Å². The molecule has 1 aliphatic carbocycles. The normalized spacial score (nSPS) is 15.1. The molecule has 1 aliphatic rings. The predicted octanol–water partition coefficient (Wildman–Crippen LogP) is 4.51. The van der Waals surface area contributed by atoms with E-state index < -0.39 is 0 Å². The lowest BCUT2D eigenvalue weighted by molar-refractivity contribution is -0.143. The first-order valence-electron chi connectivity index (χ1n) is 7.76. The topological polar surface area (TPSA) is 35.5 Å². The summed E-state index contributed by atoms with van der Waals surface area (Å²) in [6.45, 7) is 3.07. The van der Waals surface area contributed by atoms with Crippen LogP contribution in [0.25, 0.3) is 0 Å². The van der Waals surface area contributed by atoms with E-state index in [4.69, 9.17) is 9.47 Å². The summed E-state index contributed by atoms with van der Waals surface area (Å²) in [6.07, 6.45) is 6.36. The van der Waals surface area contributed by atoms with Crippen LogP contribution >= 0.6 is 15.9 Å². The van der Waals surface area contributed by atoms with Crippen LogP contribution in [0.3, 0.4) is 0 Å². The first kappa shape index (κ1) is 16.3. The van der Waals surface area contributed by atoms with Crippen LogP contribution in [0.4, 0.5) is 0 Å². The molecule has 0 amide bonds. The monoisotopic (exact) mass is 354 g/mol. The first-order valence-corrected chi connectivity index (χ1v) is 8.55. The quantitative estimate of drug-likeness (QED) is 0.675. The average Bonchev–Trinajstić information content (AvgIpc) is 2.98. The lowest BCUT2D eigenvalue weighted by atomic mass is 10.1. The Morgan fingerprint density at radius 1 is 1.33 bits per heavy atom. The summed E-state index contributed by atoms with van der Waals surface area (Å²) in [7, 11) is 0. The second-order valence-electron chi connectivity index (χ2n) is 5.53. The maximum absolute atomic E-state index is 11.4. The molecule has 1 saturated carbocycles. The van der Waals surface area contributed by atoms with Crippen molar-refractivity contribution in [3.8, 4) is 5.75 Å². The third kappa shape index (κ3) is 5.34. The van der Waals surface area contributed by atoms with Gasteiger partial charge in [0.25, 0.3) is 0 Å². The van der Waals surface area contributed by atoms with Crippen molar-refractivity contribution < 1.29 is 14.3 Å². The van der Waals surface area contributed by atoms with E-state index in [2.05, 4.69) is 15.9 Å². The van der Waals surface area contributed by atoms with Gasteiger partial charge in [0, 0.05) is 6.42 Å². The van der Waals surface area contributed by atoms with Crippen molar-refractivity contribution in [2.75, 3.05) is 13.2 Å². The van der Waals surface area contributed by atoms with Crippen molar-refractivity contribution in [1.29, 1.82) is 0 Å². The predicted molar refractivity (Wildman–Crippen MR) is 86.5 cm³/mol. The SMILES string of the molecule is CCOC(=O)CCc1ccc(OCC2CCCC2)c(Br)c1. The number of ether oxygens (including phenoxy) is 2. The summed E-state index contributed by atoms with van der Waals surface area (Å²) in [5.74, 6) is 1.46. The van der Waals surface area contributed by atoms with Gasteiger partial charge in [0.1, 0.15) is 5.75 Å². The van der Waals surface area contributed by atoms with Crippen LogP contribution in [0.2, 0.25) is 0 Å². The Labute approximate surface area is 135 Å². The number of hydrogen-bond donors (Lipinski definition) is 0. The molecule has 0 unspecified atom stereocenters. The molecule has 0 bridgehead atoms. The van der Waals surface area contributed by atoms with Crippen LogP contribution in [-0.2, 0) is 16.0 Å². The van der Waals surface area contributed by atoms with Crippen molar-refractivity contribution >= 4 is 21.9 Å². The Morgan fingerprint density at radius 3 is 2.76 bits per heavy atom. The van der Waals surface area contributed by atoms with E-state index in [-0.39, 0.29) is 5.97 Å². The maximum Gasteiger partial charge on any atom is 0.306 e. The van der Waals surface area contributed by atoms with Crippen LogP contribution in [0.5, 0.6) is 5.75 Å². The first-order chi connectivity index (χ1) is 10.2. The van der Waals surface area contributed by atoms with Crippen molar-refractivity contribution in [3.63, 3.8) is 0 Å². The molecule has 0 atom stereocenters. The zero-order valence-electron chi connectivity index (χ0n) is 12.6. The third-order valence-corrected chi connectivity index (χ3v) is 4.49. The minimum Gasteiger partial charge on any atom is -0.492 e. The molecule has 0 radical (unpaired) electrons. The van der Waals surface area contributed by atoms with Crippen LogP contribution in [-0.4, -0.2) is 19.2 Å². The van der Waals surface area contributed by atoms with Gasteiger partial charge in [-0.3, -0.25) is 4.79 Å². The van der Waals surface area contributed by atoms with Crippen LogP contribution in [0.15, 0.2) is 22.7 Å². The van der Waals surface area contributed by atoms with Gasteiger partial charge in [0.05, 0.1) is 17.7 Å². The molecule has 0 aliphatic heterocycles. The number of carbonyl (C=O) groups excluding carboxylic acids is 1. The standard InChI is InChI=1S/C17H23BrO3/c1-2-20-17(19)10-8-13-7-9-16(15(18)11-13)21-12-14-5-3-4-6-14/h7,9,11,14H,2-6,8,10,12H2,1H3. The number of halogens is 1. The zero-order valence-corrected chi connectivity index (χ0v) is 14.2. The van der Waals surface area contributed by atoms with Gasteiger partial charge < -0.3 is 9.47 Å². The molecule has 0 heterocycles. The summed E-state index contributed by atoms with van der Waals surface area (Å²) in [5, 5.41) is 0. The van der Waals surface area contributed by atoms with Crippen molar-refractivity contribution in [3.05, 3.63) is 28.2 Å². The van der Waals surface area contributed by atoms with Gasteiger partial charge in [-0.2, -0.15) is 0 Å². The second-order valence-corrected chi connectivity index (χ2v) is 6.39. The van der Waals surface area contributed by atoms with Gasteiger partial charge in [-0.15, -0.1) is 0 Å². The molecule has 1 aromatic rings. The fourth-order valence-electron chi connectivity index (χ4n) is 2.68. The molecule has 116 valence electrons. The van der Waals surface area contributed by atoms with Crippen LogP contribution < -0.4 is 4.74 Å². The largest absolute Gasteiger partial charge is 0.492 e. The third-order valence-electron chi connectivity index (χ3n) is 3.87. The Balaban J connectivity index is 1.83. The molecule has 3 nitrogen and oxygen atoms in total. The number of esters is 1. The van der Waals surface area contributed by atoms with Crippen molar-refractivity contribution in [2.24, 2.45) is 5.92 Å². The lowest BCUT2D eigenvalue weighted by Gasteiger charge is -2.13. The van der Waals surface area contributed by atoms with Gasteiger partial charge in [-0.25, -0.2) is 0 Å². The summed E-state index contributed by atoms with van der Waals surface area (Å²) in [6, 6.07) is 6.04. The van der Waals surface area contributed by atoms with Crippen LogP contribution in [0, 0.1) is 5.92 Å². The molecule has 0 spiro atoms. The second kappa shape index (κ2) is 8.42. The number of rotatable bonds is 7. The van der Waals surface area contributed by atoms with E-state index in [0.29, 0.717) is 25.4 Å². The molecule has 21 heavy (non-hydrogen) atoms. The molecular formula is C17H23BrO3. The molecule has 1 fully saturated rings. The Bertz CT molecular complexity index is 467.